The SMILES string of the molecule is O=C(Cc1ccc(CCOc2ccccc2-c2cnc[nH]2)cc1)Cc1cccs1. The van der Waals surface area contributed by atoms with Crippen LogP contribution in [0.2, 0.25) is 0 Å². The van der Waals surface area contributed by atoms with E-state index >= 15 is 0 Å². The molecule has 2 heterocycles. The van der Waals surface area contributed by atoms with Crippen LogP contribution in [0.3, 0.4) is 0 Å². The highest BCUT2D eigenvalue weighted by molar-refractivity contribution is 7.10. The zero-order valence-electron chi connectivity index (χ0n) is 16.0. The van der Waals surface area contributed by atoms with Crippen LogP contribution in [-0.2, 0) is 24.1 Å². The Hall–Kier alpha value is -3.18. The number of ketones is 1. The molecule has 0 bridgehead atoms. The predicted octanol–water partition coefficient (Wildman–Crippen LogP) is 5.11. The van der Waals surface area contributed by atoms with Gasteiger partial charge in [-0.15, -0.1) is 11.3 Å². The molecule has 0 unspecified atom stereocenters. The monoisotopic (exact) mass is 402 g/mol. The Labute approximate surface area is 174 Å². The van der Waals surface area contributed by atoms with Gasteiger partial charge in [-0.1, -0.05) is 42.5 Å². The van der Waals surface area contributed by atoms with E-state index in [9.17, 15) is 4.79 Å². The molecule has 0 saturated heterocycles. The minimum absolute atomic E-state index is 0.249. The van der Waals surface area contributed by atoms with E-state index in [1.165, 1.54) is 5.56 Å². The molecular formula is C24H22N2O2S. The van der Waals surface area contributed by atoms with Crippen molar-refractivity contribution in [3.05, 3.63) is 94.6 Å². The second kappa shape index (κ2) is 9.34. The van der Waals surface area contributed by atoms with Gasteiger partial charge in [-0.05, 0) is 34.7 Å². The normalized spacial score (nSPS) is 10.8. The molecule has 29 heavy (non-hydrogen) atoms. The fourth-order valence-corrected chi connectivity index (χ4v) is 3.95. The minimum atomic E-state index is 0.249. The van der Waals surface area contributed by atoms with Gasteiger partial charge in [0.05, 0.1) is 24.8 Å². The summed E-state index contributed by atoms with van der Waals surface area (Å²) in [7, 11) is 0. The summed E-state index contributed by atoms with van der Waals surface area (Å²) in [4.78, 5) is 20.5. The molecule has 0 aliphatic carbocycles. The van der Waals surface area contributed by atoms with Crippen LogP contribution in [0.5, 0.6) is 5.75 Å². The topological polar surface area (TPSA) is 55.0 Å². The van der Waals surface area contributed by atoms with Gasteiger partial charge in [0.25, 0.3) is 0 Å². The third kappa shape index (κ3) is 5.21. The number of nitrogens with one attached hydrogen (secondary N) is 1. The zero-order chi connectivity index (χ0) is 19.9. The summed E-state index contributed by atoms with van der Waals surface area (Å²) in [6.45, 7) is 0.585. The number of nitrogens with zero attached hydrogens (tertiary/aromatic N) is 1. The van der Waals surface area contributed by atoms with E-state index in [-0.39, 0.29) is 5.78 Å². The molecule has 0 radical (unpaired) electrons. The molecule has 0 amide bonds. The van der Waals surface area contributed by atoms with Crippen LogP contribution in [0.25, 0.3) is 11.3 Å². The Morgan fingerprint density at radius 2 is 1.79 bits per heavy atom. The predicted molar refractivity (Wildman–Crippen MR) is 116 cm³/mol. The summed E-state index contributed by atoms with van der Waals surface area (Å²) >= 11 is 1.63. The lowest BCUT2D eigenvalue weighted by atomic mass is 10.0. The average molecular weight is 403 g/mol. The number of para-hydroxylation sites is 1. The molecule has 4 aromatic rings. The first-order chi connectivity index (χ1) is 14.3. The molecule has 4 nitrogen and oxygen atoms in total. The van der Waals surface area contributed by atoms with Gasteiger partial charge in [-0.25, -0.2) is 4.98 Å². The average Bonchev–Trinajstić information content (AvgIpc) is 3.44. The van der Waals surface area contributed by atoms with Crippen LogP contribution in [0.15, 0.2) is 78.6 Å². The van der Waals surface area contributed by atoms with Crippen molar-refractivity contribution in [1.82, 2.24) is 9.97 Å². The summed E-state index contributed by atoms with van der Waals surface area (Å²) in [5.74, 6) is 1.09. The maximum absolute atomic E-state index is 12.2. The number of hydrogen-bond acceptors (Lipinski definition) is 4. The highest BCUT2D eigenvalue weighted by atomic mass is 32.1. The van der Waals surface area contributed by atoms with E-state index in [1.54, 1.807) is 23.9 Å². The third-order valence-corrected chi connectivity index (χ3v) is 5.58. The van der Waals surface area contributed by atoms with Gasteiger partial charge in [-0.3, -0.25) is 4.79 Å². The molecule has 4 rings (SSSR count). The number of hydrogen-bond donors (Lipinski definition) is 1. The standard InChI is InChI=1S/C24H22N2O2S/c27-20(15-21-4-3-13-29-21)14-19-9-7-18(8-10-19)11-12-28-24-6-2-1-5-22(24)23-16-25-17-26-23/h1-10,13,16-17H,11-12,14-15H2,(H,25,26). The highest BCUT2D eigenvalue weighted by Gasteiger charge is 2.08. The third-order valence-electron chi connectivity index (χ3n) is 4.70. The molecular weight excluding hydrogens is 380 g/mol. The Bertz CT molecular complexity index is 1040. The number of carbonyl (C=O) groups is 1. The van der Waals surface area contributed by atoms with E-state index < -0.39 is 0 Å². The van der Waals surface area contributed by atoms with E-state index in [2.05, 4.69) is 22.1 Å². The summed E-state index contributed by atoms with van der Waals surface area (Å²) in [6.07, 6.45) is 5.26. The van der Waals surface area contributed by atoms with Crippen molar-refractivity contribution >= 4 is 17.1 Å². The molecule has 1 N–H and O–H groups in total. The lowest BCUT2D eigenvalue weighted by molar-refractivity contribution is -0.117. The molecule has 0 spiro atoms. The second-order valence-corrected chi connectivity index (χ2v) is 7.88. The van der Waals surface area contributed by atoms with E-state index in [0.717, 1.165) is 33.9 Å². The smallest absolute Gasteiger partial charge is 0.142 e. The van der Waals surface area contributed by atoms with Crippen molar-refractivity contribution in [2.45, 2.75) is 19.3 Å². The maximum atomic E-state index is 12.2. The first-order valence-electron chi connectivity index (χ1n) is 9.60. The number of aromatic nitrogens is 2. The van der Waals surface area contributed by atoms with Crippen molar-refractivity contribution in [2.24, 2.45) is 0 Å². The summed E-state index contributed by atoms with van der Waals surface area (Å²) in [5, 5.41) is 2.01. The van der Waals surface area contributed by atoms with Crippen molar-refractivity contribution < 1.29 is 9.53 Å². The molecule has 5 heteroatoms. The van der Waals surface area contributed by atoms with E-state index in [4.69, 9.17) is 4.74 Å². The number of benzene rings is 2. The molecule has 0 atom stereocenters. The lowest BCUT2D eigenvalue weighted by Crippen LogP contribution is -2.06. The van der Waals surface area contributed by atoms with Crippen LogP contribution in [-0.4, -0.2) is 22.4 Å². The molecule has 0 fully saturated rings. The second-order valence-electron chi connectivity index (χ2n) is 6.85. The van der Waals surface area contributed by atoms with Gasteiger partial charge in [0.1, 0.15) is 11.5 Å². The molecule has 0 aliphatic heterocycles. The number of carbonyl (C=O) groups excluding carboxylic acids is 1. The van der Waals surface area contributed by atoms with Crippen LogP contribution >= 0.6 is 11.3 Å². The number of aromatic amines is 1. The summed E-state index contributed by atoms with van der Waals surface area (Å²) in [6, 6.07) is 20.2. The first-order valence-corrected chi connectivity index (χ1v) is 10.5. The largest absolute Gasteiger partial charge is 0.493 e. The van der Waals surface area contributed by atoms with Gasteiger partial charge < -0.3 is 9.72 Å². The zero-order valence-corrected chi connectivity index (χ0v) is 16.8. The molecule has 146 valence electrons. The van der Waals surface area contributed by atoms with Crippen molar-refractivity contribution in [2.75, 3.05) is 6.61 Å². The highest BCUT2D eigenvalue weighted by Crippen LogP contribution is 2.28. The summed E-state index contributed by atoms with van der Waals surface area (Å²) < 4.78 is 6.02. The first kappa shape index (κ1) is 19.2. The fraction of sp³-hybridized carbons (Fsp3) is 0.167. The number of imidazole rings is 1. The Balaban J connectivity index is 1.29. The molecule has 0 saturated carbocycles. The van der Waals surface area contributed by atoms with Crippen molar-refractivity contribution in [3.8, 4) is 17.0 Å². The molecule has 2 aromatic heterocycles. The number of rotatable bonds is 9. The number of Topliss-reactive ketones (excluding diaryl/α,β-unsaturated/α-hetero) is 1. The fourth-order valence-electron chi connectivity index (χ4n) is 3.22. The minimum Gasteiger partial charge on any atom is -0.493 e. The van der Waals surface area contributed by atoms with Crippen LogP contribution in [0.4, 0.5) is 0 Å². The Kier molecular flexibility index (Phi) is 6.17. The Morgan fingerprint density at radius 1 is 0.966 bits per heavy atom. The number of ether oxygens (including phenoxy) is 1. The van der Waals surface area contributed by atoms with Gasteiger partial charge in [-0.2, -0.15) is 0 Å². The van der Waals surface area contributed by atoms with E-state index in [0.29, 0.717) is 19.4 Å². The Morgan fingerprint density at radius 3 is 2.55 bits per heavy atom. The van der Waals surface area contributed by atoms with Gasteiger partial charge in [0.15, 0.2) is 0 Å². The van der Waals surface area contributed by atoms with Crippen molar-refractivity contribution in [3.63, 3.8) is 0 Å². The van der Waals surface area contributed by atoms with Gasteiger partial charge >= 0.3 is 0 Å². The van der Waals surface area contributed by atoms with Crippen LogP contribution in [0.1, 0.15) is 16.0 Å². The number of thiophene rings is 1. The van der Waals surface area contributed by atoms with Gasteiger partial charge in [0.2, 0.25) is 0 Å². The molecule has 0 aliphatic rings. The quantitative estimate of drug-likeness (QED) is 0.423. The summed E-state index contributed by atoms with van der Waals surface area (Å²) in [5.41, 5.74) is 4.20. The maximum Gasteiger partial charge on any atom is 0.142 e. The number of H-pyrrole nitrogens is 1. The van der Waals surface area contributed by atoms with Crippen LogP contribution < -0.4 is 4.74 Å². The van der Waals surface area contributed by atoms with Crippen LogP contribution in [0, 0.1) is 0 Å². The van der Waals surface area contributed by atoms with E-state index in [1.807, 2.05) is 53.9 Å². The molecule has 2 aromatic carbocycles. The van der Waals surface area contributed by atoms with Crippen molar-refractivity contribution in [1.29, 1.82) is 0 Å². The van der Waals surface area contributed by atoms with Gasteiger partial charge in [0, 0.05) is 29.7 Å². The lowest BCUT2D eigenvalue weighted by Gasteiger charge is -2.10.